The van der Waals surface area contributed by atoms with Gasteiger partial charge in [0.1, 0.15) is 5.58 Å². The number of halogens is 1. The van der Waals surface area contributed by atoms with Crippen LogP contribution in [0.4, 0.5) is 5.69 Å². The van der Waals surface area contributed by atoms with Gasteiger partial charge in [0.25, 0.3) is 0 Å². The zero-order chi connectivity index (χ0) is 13.4. The van der Waals surface area contributed by atoms with Crippen molar-refractivity contribution in [3.63, 3.8) is 0 Å². The second-order valence-electron chi connectivity index (χ2n) is 4.18. The van der Waals surface area contributed by atoms with Crippen LogP contribution in [0.1, 0.15) is 16.1 Å². The number of carbonyl (C=O) groups is 1. The molecule has 0 saturated heterocycles. The van der Waals surface area contributed by atoms with Crippen molar-refractivity contribution in [1.29, 1.82) is 0 Å². The van der Waals surface area contributed by atoms with Crippen molar-refractivity contribution >= 4 is 34.0 Å². The number of carbonyl (C=O) groups excluding carboxylic acids is 1. The van der Waals surface area contributed by atoms with Crippen molar-refractivity contribution in [2.45, 2.75) is 0 Å². The highest BCUT2D eigenvalue weighted by molar-refractivity contribution is 6.31. The normalized spacial score (nSPS) is 10.8. The number of benzene rings is 2. The summed E-state index contributed by atoms with van der Waals surface area (Å²) in [5.41, 5.74) is 7.39. The predicted octanol–water partition coefficient (Wildman–Crippen LogP) is 3.90. The number of hydrogen-bond donors (Lipinski definition) is 1. The van der Waals surface area contributed by atoms with Crippen LogP contribution in [0.2, 0.25) is 5.02 Å². The van der Waals surface area contributed by atoms with E-state index in [0.29, 0.717) is 21.9 Å². The molecule has 94 valence electrons. The molecule has 0 fully saturated rings. The molecule has 0 spiro atoms. The van der Waals surface area contributed by atoms with E-state index >= 15 is 0 Å². The van der Waals surface area contributed by atoms with Crippen LogP contribution >= 0.6 is 11.6 Å². The molecule has 3 nitrogen and oxygen atoms in total. The van der Waals surface area contributed by atoms with Crippen molar-refractivity contribution in [1.82, 2.24) is 0 Å². The fraction of sp³-hybridized carbons (Fsp3) is 0. The van der Waals surface area contributed by atoms with Crippen molar-refractivity contribution in [2.24, 2.45) is 0 Å². The summed E-state index contributed by atoms with van der Waals surface area (Å²) in [7, 11) is 0. The van der Waals surface area contributed by atoms with E-state index in [4.69, 9.17) is 21.8 Å². The lowest BCUT2D eigenvalue weighted by molar-refractivity contribution is 0.101. The number of hydrogen-bond acceptors (Lipinski definition) is 3. The third kappa shape index (κ3) is 1.98. The second-order valence-corrected chi connectivity index (χ2v) is 4.62. The van der Waals surface area contributed by atoms with E-state index < -0.39 is 0 Å². The number of anilines is 1. The average Bonchev–Trinajstić information content (AvgIpc) is 2.76. The second kappa shape index (κ2) is 4.44. The van der Waals surface area contributed by atoms with E-state index in [1.54, 1.807) is 30.3 Å². The Morgan fingerprint density at radius 3 is 2.63 bits per heavy atom. The summed E-state index contributed by atoms with van der Waals surface area (Å²) in [5.74, 6) is -0.111. The molecule has 3 aromatic rings. The molecule has 0 saturated carbocycles. The summed E-state index contributed by atoms with van der Waals surface area (Å²) in [6.07, 6.45) is 0. The molecule has 2 aromatic carbocycles. The number of nitrogens with two attached hydrogens (primary N) is 1. The van der Waals surface area contributed by atoms with Crippen LogP contribution in [0.15, 0.2) is 52.9 Å². The summed E-state index contributed by atoms with van der Waals surface area (Å²) in [6.45, 7) is 0. The Bertz CT molecular complexity index is 777. The Hall–Kier alpha value is -2.26. The summed E-state index contributed by atoms with van der Waals surface area (Å²) < 4.78 is 5.54. The molecule has 1 heterocycles. The van der Waals surface area contributed by atoms with Crippen LogP contribution in [0.5, 0.6) is 0 Å². The molecule has 0 unspecified atom stereocenters. The van der Waals surface area contributed by atoms with E-state index in [1.807, 2.05) is 18.2 Å². The van der Waals surface area contributed by atoms with E-state index in [0.717, 1.165) is 5.39 Å². The lowest BCUT2D eigenvalue weighted by Gasteiger charge is -1.99. The average molecular weight is 272 g/mol. The minimum atomic E-state index is -0.267. The van der Waals surface area contributed by atoms with Crippen LogP contribution in [0.3, 0.4) is 0 Å². The molecule has 3 rings (SSSR count). The van der Waals surface area contributed by atoms with Crippen molar-refractivity contribution in [2.75, 3.05) is 5.73 Å². The molecule has 1 aromatic heterocycles. The number of para-hydroxylation sites is 1. The van der Waals surface area contributed by atoms with Crippen LogP contribution in [-0.4, -0.2) is 5.78 Å². The first-order valence-electron chi connectivity index (χ1n) is 5.74. The highest BCUT2D eigenvalue weighted by Gasteiger charge is 2.19. The van der Waals surface area contributed by atoms with Crippen LogP contribution in [0, 0.1) is 0 Å². The molecule has 0 aliphatic carbocycles. The largest absolute Gasteiger partial charge is 0.450 e. The quantitative estimate of drug-likeness (QED) is 0.719. The van der Waals surface area contributed by atoms with Gasteiger partial charge >= 0.3 is 0 Å². The Morgan fingerprint density at radius 2 is 1.89 bits per heavy atom. The van der Waals surface area contributed by atoms with Gasteiger partial charge in [-0.25, -0.2) is 0 Å². The van der Waals surface area contributed by atoms with Crippen molar-refractivity contribution < 1.29 is 9.21 Å². The summed E-state index contributed by atoms with van der Waals surface area (Å²) in [4.78, 5) is 12.4. The number of nitrogen functional groups attached to an aromatic ring is 1. The van der Waals surface area contributed by atoms with Gasteiger partial charge in [-0.3, -0.25) is 4.79 Å². The molecular formula is C15H10ClNO2. The zero-order valence-electron chi connectivity index (χ0n) is 9.89. The van der Waals surface area contributed by atoms with Crippen molar-refractivity contribution in [3.8, 4) is 0 Å². The van der Waals surface area contributed by atoms with Gasteiger partial charge in [0.05, 0.1) is 5.69 Å². The molecule has 19 heavy (non-hydrogen) atoms. The van der Waals surface area contributed by atoms with Gasteiger partial charge in [0.15, 0.2) is 5.76 Å². The van der Waals surface area contributed by atoms with Crippen LogP contribution in [0.25, 0.3) is 11.0 Å². The molecule has 0 radical (unpaired) electrons. The maximum absolute atomic E-state index is 12.4. The van der Waals surface area contributed by atoms with E-state index in [9.17, 15) is 4.79 Å². The first-order valence-corrected chi connectivity index (χ1v) is 6.12. The minimum absolute atomic E-state index is 0.156. The van der Waals surface area contributed by atoms with Gasteiger partial charge in [0, 0.05) is 16.0 Å². The topological polar surface area (TPSA) is 56.2 Å². The Morgan fingerprint density at radius 1 is 1.11 bits per heavy atom. The number of fused-ring (bicyclic) bond motifs is 1. The maximum Gasteiger partial charge on any atom is 0.230 e. The highest BCUT2D eigenvalue weighted by atomic mass is 35.5. The van der Waals surface area contributed by atoms with E-state index in [1.165, 1.54) is 0 Å². The number of rotatable bonds is 2. The van der Waals surface area contributed by atoms with Gasteiger partial charge in [-0.15, -0.1) is 0 Å². The summed E-state index contributed by atoms with van der Waals surface area (Å²) in [5, 5.41) is 1.24. The lowest BCUT2D eigenvalue weighted by atomic mass is 10.1. The number of ketones is 1. The van der Waals surface area contributed by atoms with E-state index in [2.05, 4.69) is 0 Å². The van der Waals surface area contributed by atoms with E-state index in [-0.39, 0.29) is 11.5 Å². The molecule has 4 heteroatoms. The Kier molecular flexibility index (Phi) is 2.76. The zero-order valence-corrected chi connectivity index (χ0v) is 10.6. The third-order valence-electron chi connectivity index (χ3n) is 2.93. The fourth-order valence-electron chi connectivity index (χ4n) is 1.99. The first-order chi connectivity index (χ1) is 9.16. The summed E-state index contributed by atoms with van der Waals surface area (Å²) in [6, 6.07) is 14.0. The van der Waals surface area contributed by atoms with Gasteiger partial charge in [0.2, 0.25) is 5.78 Å². The van der Waals surface area contributed by atoms with Gasteiger partial charge < -0.3 is 10.2 Å². The molecule has 0 aliphatic rings. The molecule has 0 bridgehead atoms. The smallest absolute Gasteiger partial charge is 0.230 e. The molecule has 0 amide bonds. The molecule has 0 atom stereocenters. The SMILES string of the molecule is Nc1c(C(=O)c2cccc(Cl)c2)oc2ccccc12. The standard InChI is InChI=1S/C15H10ClNO2/c16-10-5-3-4-9(8-10)14(18)15-13(17)11-6-1-2-7-12(11)19-15/h1-8H,17H2. The first kappa shape index (κ1) is 11.8. The monoisotopic (exact) mass is 271 g/mol. The Balaban J connectivity index is 2.14. The van der Waals surface area contributed by atoms with Crippen LogP contribution in [-0.2, 0) is 0 Å². The maximum atomic E-state index is 12.4. The predicted molar refractivity (Wildman–Crippen MR) is 75.5 cm³/mol. The van der Waals surface area contributed by atoms with Gasteiger partial charge in [-0.05, 0) is 24.3 Å². The highest BCUT2D eigenvalue weighted by Crippen LogP contribution is 2.30. The van der Waals surface area contributed by atoms with Gasteiger partial charge in [-0.1, -0.05) is 35.9 Å². The number of furan rings is 1. The van der Waals surface area contributed by atoms with Crippen molar-refractivity contribution in [3.05, 3.63) is 64.9 Å². The van der Waals surface area contributed by atoms with Crippen LogP contribution < -0.4 is 5.73 Å². The van der Waals surface area contributed by atoms with Gasteiger partial charge in [-0.2, -0.15) is 0 Å². The minimum Gasteiger partial charge on any atom is -0.450 e. The molecule has 2 N–H and O–H groups in total. The summed E-state index contributed by atoms with van der Waals surface area (Å²) >= 11 is 5.88. The Labute approximate surface area is 114 Å². The fourth-order valence-corrected chi connectivity index (χ4v) is 2.19. The molecular weight excluding hydrogens is 262 g/mol. The molecule has 0 aliphatic heterocycles. The third-order valence-corrected chi connectivity index (χ3v) is 3.16. The lowest BCUT2D eigenvalue weighted by Crippen LogP contribution is -2.02.